The fourth-order valence-electron chi connectivity index (χ4n) is 1.24. The molecule has 0 radical (unpaired) electrons. The second-order valence-electron chi connectivity index (χ2n) is 6.45. The van der Waals surface area contributed by atoms with Crippen LogP contribution in [0.4, 0.5) is 19.7 Å². The molecule has 0 aliphatic carbocycles. The Kier molecular flexibility index (Phi) is 5.45. The second kappa shape index (κ2) is 6.41. The summed E-state index contributed by atoms with van der Waals surface area (Å²) in [5, 5.41) is 0.417. The first kappa shape index (κ1) is 18.7. The van der Waals surface area contributed by atoms with Gasteiger partial charge in [-0.1, -0.05) is 11.3 Å². The molecule has 1 rings (SSSR count). The number of aromatic nitrogens is 1. The minimum atomic E-state index is -0.872. The Hall–Kier alpha value is -1.35. The van der Waals surface area contributed by atoms with Gasteiger partial charge in [-0.15, -0.1) is 0 Å². The van der Waals surface area contributed by atoms with E-state index in [0.717, 1.165) is 16.2 Å². The van der Waals surface area contributed by atoms with Crippen LogP contribution in [0, 0.1) is 0 Å². The Labute approximate surface area is 141 Å². The van der Waals surface area contributed by atoms with Crippen molar-refractivity contribution in [1.29, 1.82) is 0 Å². The van der Waals surface area contributed by atoms with Gasteiger partial charge in [0.25, 0.3) is 0 Å². The minimum Gasteiger partial charge on any atom is -0.443 e. The summed E-state index contributed by atoms with van der Waals surface area (Å²) in [5.41, 5.74) is 4.18. The van der Waals surface area contributed by atoms with Crippen LogP contribution in [0.25, 0.3) is 0 Å². The maximum absolute atomic E-state index is 12.3. The molecule has 2 amide bonds. The van der Waals surface area contributed by atoms with Gasteiger partial charge in [-0.3, -0.25) is 0 Å². The molecule has 0 saturated carbocycles. The molecule has 0 atom stereocenters. The highest BCUT2D eigenvalue weighted by Crippen LogP contribution is 2.33. The standard InChI is InChI=1S/C13H20BrN3O4S/c1-12(2,3)20-10(18)17(11(19)21-13(4,5)6)9-16-7(14)8(15)22-9/h15H2,1-6H3. The van der Waals surface area contributed by atoms with Gasteiger partial charge in [-0.25, -0.2) is 14.6 Å². The molecule has 124 valence electrons. The van der Waals surface area contributed by atoms with E-state index in [1.807, 2.05) is 0 Å². The predicted molar refractivity (Wildman–Crippen MR) is 89.2 cm³/mol. The fourth-order valence-corrected chi connectivity index (χ4v) is 2.48. The Morgan fingerprint density at radius 3 is 1.77 bits per heavy atom. The van der Waals surface area contributed by atoms with E-state index in [-0.39, 0.29) is 5.13 Å². The van der Waals surface area contributed by atoms with Gasteiger partial charge in [0.2, 0.25) is 5.13 Å². The molecule has 1 aromatic heterocycles. The first-order valence-electron chi connectivity index (χ1n) is 6.48. The highest BCUT2D eigenvalue weighted by Gasteiger charge is 2.35. The van der Waals surface area contributed by atoms with Gasteiger partial charge in [0, 0.05) is 0 Å². The summed E-state index contributed by atoms with van der Waals surface area (Å²) < 4.78 is 10.8. The van der Waals surface area contributed by atoms with Crippen molar-refractivity contribution in [1.82, 2.24) is 4.98 Å². The zero-order chi connectivity index (χ0) is 17.3. The third-order valence-corrected chi connectivity index (χ3v) is 3.68. The number of nitrogens with zero attached hydrogens (tertiary/aromatic N) is 2. The number of imide groups is 1. The van der Waals surface area contributed by atoms with Crippen LogP contribution in [0.5, 0.6) is 0 Å². The van der Waals surface area contributed by atoms with E-state index in [9.17, 15) is 9.59 Å². The lowest BCUT2D eigenvalue weighted by atomic mass is 10.2. The number of carbonyl (C=O) groups excluding carboxylic acids is 2. The summed E-state index contributed by atoms with van der Waals surface area (Å²) in [7, 11) is 0. The van der Waals surface area contributed by atoms with E-state index >= 15 is 0 Å². The van der Waals surface area contributed by atoms with E-state index in [1.165, 1.54) is 0 Å². The monoisotopic (exact) mass is 393 g/mol. The number of hydrogen-bond acceptors (Lipinski definition) is 7. The first-order chi connectivity index (χ1) is 9.80. The Bertz CT molecular complexity index is 527. The van der Waals surface area contributed by atoms with Crippen molar-refractivity contribution in [3.05, 3.63) is 4.60 Å². The molecule has 9 heteroatoms. The van der Waals surface area contributed by atoms with E-state index in [1.54, 1.807) is 41.5 Å². The Balaban J connectivity index is 3.15. The van der Waals surface area contributed by atoms with Gasteiger partial charge < -0.3 is 15.2 Å². The van der Waals surface area contributed by atoms with Gasteiger partial charge in [-0.2, -0.15) is 4.90 Å². The molecule has 0 saturated heterocycles. The van der Waals surface area contributed by atoms with Gasteiger partial charge in [0.05, 0.1) is 0 Å². The Morgan fingerprint density at radius 2 is 1.50 bits per heavy atom. The number of thiazole rings is 1. The summed E-state index contributed by atoms with van der Waals surface area (Å²) in [6.07, 6.45) is -1.74. The summed E-state index contributed by atoms with van der Waals surface area (Å²) in [6.45, 7) is 10.2. The number of ether oxygens (including phenoxy) is 2. The molecule has 1 heterocycles. The van der Waals surface area contributed by atoms with E-state index in [2.05, 4.69) is 20.9 Å². The van der Waals surface area contributed by atoms with Crippen LogP contribution in [0.2, 0.25) is 0 Å². The van der Waals surface area contributed by atoms with Crippen molar-refractivity contribution in [2.45, 2.75) is 52.7 Å². The lowest BCUT2D eigenvalue weighted by Gasteiger charge is -2.27. The zero-order valence-corrected chi connectivity index (χ0v) is 15.8. The number of halogens is 1. The fraction of sp³-hybridized carbons (Fsp3) is 0.615. The zero-order valence-electron chi connectivity index (χ0n) is 13.4. The molecular formula is C13H20BrN3O4S. The molecule has 0 spiro atoms. The van der Waals surface area contributed by atoms with Crippen LogP contribution in [0.15, 0.2) is 4.60 Å². The van der Waals surface area contributed by atoms with E-state index < -0.39 is 23.4 Å². The third kappa shape index (κ3) is 5.45. The predicted octanol–water partition coefficient (Wildman–Crippen LogP) is 4.16. The normalized spacial score (nSPS) is 12.0. The molecule has 7 nitrogen and oxygen atoms in total. The lowest BCUT2D eigenvalue weighted by Crippen LogP contribution is -2.43. The molecule has 0 bridgehead atoms. The highest BCUT2D eigenvalue weighted by molar-refractivity contribution is 9.10. The molecule has 22 heavy (non-hydrogen) atoms. The van der Waals surface area contributed by atoms with Crippen LogP contribution in [-0.4, -0.2) is 28.4 Å². The molecule has 0 aliphatic heterocycles. The van der Waals surface area contributed by atoms with Crippen molar-refractivity contribution in [2.24, 2.45) is 0 Å². The average Bonchev–Trinajstić information content (AvgIpc) is 2.52. The topological polar surface area (TPSA) is 94.8 Å². The summed E-state index contributed by atoms with van der Waals surface area (Å²) >= 11 is 4.12. The number of nitrogen functional groups attached to an aromatic ring is 1. The van der Waals surface area contributed by atoms with Crippen molar-refractivity contribution < 1.29 is 19.1 Å². The molecule has 0 aromatic carbocycles. The van der Waals surface area contributed by atoms with Gasteiger partial charge in [0.1, 0.15) is 20.8 Å². The van der Waals surface area contributed by atoms with E-state index in [0.29, 0.717) is 9.60 Å². The number of nitrogens with two attached hydrogens (primary N) is 1. The summed E-state index contributed by atoms with van der Waals surface area (Å²) in [4.78, 5) is 29.4. The third-order valence-electron chi connectivity index (χ3n) is 1.94. The minimum absolute atomic E-state index is 0.0767. The average molecular weight is 394 g/mol. The number of anilines is 2. The maximum atomic E-state index is 12.3. The Morgan fingerprint density at radius 1 is 1.09 bits per heavy atom. The van der Waals surface area contributed by atoms with Crippen LogP contribution in [0.3, 0.4) is 0 Å². The number of amides is 2. The highest BCUT2D eigenvalue weighted by atomic mass is 79.9. The molecule has 0 fully saturated rings. The lowest BCUT2D eigenvalue weighted by molar-refractivity contribution is 0.0430. The number of carbonyl (C=O) groups is 2. The van der Waals surface area contributed by atoms with Crippen molar-refractivity contribution in [3.8, 4) is 0 Å². The molecule has 0 aliphatic rings. The quantitative estimate of drug-likeness (QED) is 0.769. The van der Waals surface area contributed by atoms with Crippen LogP contribution in [-0.2, 0) is 9.47 Å². The van der Waals surface area contributed by atoms with Gasteiger partial charge in [-0.05, 0) is 57.5 Å². The molecule has 1 aromatic rings. The van der Waals surface area contributed by atoms with Crippen molar-refractivity contribution >= 4 is 49.6 Å². The van der Waals surface area contributed by atoms with Crippen LogP contribution < -0.4 is 10.6 Å². The smallest absolute Gasteiger partial charge is 0.426 e. The van der Waals surface area contributed by atoms with Gasteiger partial charge in [0.15, 0.2) is 0 Å². The number of hydrogen-bond donors (Lipinski definition) is 1. The van der Waals surface area contributed by atoms with Crippen LogP contribution >= 0.6 is 27.3 Å². The largest absolute Gasteiger partial charge is 0.443 e. The second-order valence-corrected chi connectivity index (χ2v) is 8.21. The van der Waals surface area contributed by atoms with Gasteiger partial charge >= 0.3 is 12.2 Å². The van der Waals surface area contributed by atoms with Crippen LogP contribution in [0.1, 0.15) is 41.5 Å². The molecule has 2 N–H and O–H groups in total. The van der Waals surface area contributed by atoms with E-state index in [4.69, 9.17) is 15.2 Å². The summed E-state index contributed by atoms with van der Waals surface area (Å²) in [5.74, 6) is 0. The SMILES string of the molecule is CC(C)(C)OC(=O)N(C(=O)OC(C)(C)C)c1nc(Br)c(N)s1. The maximum Gasteiger partial charge on any atom is 0.426 e. The first-order valence-corrected chi connectivity index (χ1v) is 8.09. The van der Waals surface area contributed by atoms with Crippen molar-refractivity contribution in [2.75, 3.05) is 10.6 Å². The molecular weight excluding hydrogens is 374 g/mol. The molecule has 0 unspecified atom stereocenters. The summed E-state index contributed by atoms with van der Waals surface area (Å²) in [6, 6.07) is 0. The van der Waals surface area contributed by atoms with Crippen molar-refractivity contribution in [3.63, 3.8) is 0 Å². The number of rotatable bonds is 1.